The van der Waals surface area contributed by atoms with Gasteiger partial charge in [-0.25, -0.2) is 0 Å². The number of ether oxygens (including phenoxy) is 1. The molecule has 4 heteroatoms. The maximum absolute atomic E-state index is 6.91. The molecule has 0 saturated carbocycles. The van der Waals surface area contributed by atoms with Crippen molar-refractivity contribution in [3.8, 4) is 39.4 Å². The number of anilines is 3. The van der Waals surface area contributed by atoms with E-state index in [1.807, 2.05) is 12.1 Å². The highest BCUT2D eigenvalue weighted by molar-refractivity contribution is 6.13. The Morgan fingerprint density at radius 2 is 0.891 bits per heavy atom. The normalized spacial score (nSPS) is 12.5. The minimum atomic E-state index is 0.816. The van der Waals surface area contributed by atoms with Gasteiger partial charge in [-0.15, -0.1) is 0 Å². The van der Waals surface area contributed by atoms with Gasteiger partial charge in [0.15, 0.2) is 11.5 Å². The molecule has 1 aliphatic rings. The number of furan rings is 1. The van der Waals surface area contributed by atoms with Crippen molar-refractivity contribution in [2.24, 2.45) is 0 Å². The van der Waals surface area contributed by atoms with E-state index >= 15 is 0 Å². The van der Waals surface area contributed by atoms with Gasteiger partial charge in [-0.2, -0.15) is 0 Å². The first-order valence-electron chi connectivity index (χ1n) is 21.8. The lowest BCUT2D eigenvalue weighted by Crippen LogP contribution is -2.15. The van der Waals surface area contributed by atoms with Crippen LogP contribution in [0, 0.1) is 0 Å². The van der Waals surface area contributed by atoms with Crippen molar-refractivity contribution in [2.75, 3.05) is 4.90 Å². The van der Waals surface area contributed by atoms with E-state index < -0.39 is 0 Å². The minimum Gasteiger partial charge on any atom is -0.456 e. The summed E-state index contributed by atoms with van der Waals surface area (Å²) >= 11 is 0. The summed E-state index contributed by atoms with van der Waals surface area (Å²) in [6, 6.07) is 78.7. The zero-order valence-corrected chi connectivity index (χ0v) is 34.5. The number of hydrogen-bond acceptors (Lipinski definition) is 3. The maximum Gasteiger partial charge on any atom is 0.152 e. The molecule has 1 aliphatic heterocycles. The molecule has 0 radical (unpaired) electrons. The second kappa shape index (κ2) is 13.4. The van der Waals surface area contributed by atoms with Crippen molar-refractivity contribution >= 4 is 93.1 Å². The molecular formula is C60H36N2O2. The number of hydrogen-bond donors (Lipinski definition) is 0. The van der Waals surface area contributed by atoms with Gasteiger partial charge in [-0.3, -0.25) is 0 Å². The van der Waals surface area contributed by atoms with E-state index in [0.29, 0.717) is 0 Å². The molecule has 0 bridgehead atoms. The fourth-order valence-corrected chi connectivity index (χ4v) is 10.2. The van der Waals surface area contributed by atoms with Crippen molar-refractivity contribution in [3.63, 3.8) is 0 Å². The predicted molar refractivity (Wildman–Crippen MR) is 266 cm³/mol. The summed E-state index contributed by atoms with van der Waals surface area (Å²) in [4.78, 5) is 2.31. The van der Waals surface area contributed by atoms with Crippen LogP contribution >= 0.6 is 0 Å². The average Bonchev–Trinajstić information content (AvgIpc) is 3.88. The summed E-state index contributed by atoms with van der Waals surface area (Å²) in [6.07, 6.45) is 0. The van der Waals surface area contributed by atoms with E-state index in [0.717, 1.165) is 89.3 Å². The molecule has 0 aliphatic carbocycles. The van der Waals surface area contributed by atoms with E-state index in [1.54, 1.807) is 0 Å². The SMILES string of the molecule is c1ccc(N2c3ccc(-c4ccc5ccccc5c4)cc3Oc3cc(-c4ccc5c(c4)c4ccccc4n5-c4ccc5cc6cc7c(cc6cc5c4)oc4ccccc47)ccc32)cc1. The van der Waals surface area contributed by atoms with Gasteiger partial charge in [0.1, 0.15) is 11.2 Å². The third-order valence-corrected chi connectivity index (χ3v) is 13.3. The number of rotatable bonds is 4. The lowest BCUT2D eigenvalue weighted by atomic mass is 9.99. The van der Waals surface area contributed by atoms with Crippen molar-refractivity contribution < 1.29 is 9.15 Å². The van der Waals surface area contributed by atoms with Crippen LogP contribution in [-0.4, -0.2) is 4.57 Å². The van der Waals surface area contributed by atoms with Gasteiger partial charge < -0.3 is 18.6 Å². The van der Waals surface area contributed by atoms with Crippen molar-refractivity contribution in [3.05, 3.63) is 218 Å². The van der Waals surface area contributed by atoms with Crippen LogP contribution < -0.4 is 9.64 Å². The van der Waals surface area contributed by atoms with Gasteiger partial charge in [0, 0.05) is 32.9 Å². The molecule has 0 unspecified atom stereocenters. The molecule has 64 heavy (non-hydrogen) atoms. The van der Waals surface area contributed by atoms with Crippen molar-refractivity contribution in [2.45, 2.75) is 0 Å². The number of nitrogens with zero attached hydrogens (tertiary/aromatic N) is 2. The summed E-state index contributed by atoms with van der Waals surface area (Å²) < 4.78 is 15.6. The Morgan fingerprint density at radius 3 is 1.73 bits per heavy atom. The molecule has 3 heterocycles. The molecule has 13 aromatic rings. The Labute approximate surface area is 368 Å². The molecule has 298 valence electrons. The Kier molecular flexibility index (Phi) is 7.36. The number of para-hydroxylation sites is 3. The Bertz CT molecular complexity index is 4070. The minimum absolute atomic E-state index is 0.816. The van der Waals surface area contributed by atoms with Crippen LogP contribution in [0.4, 0.5) is 17.1 Å². The molecule has 0 spiro atoms. The Balaban J connectivity index is 0.867. The van der Waals surface area contributed by atoms with Crippen molar-refractivity contribution in [1.82, 2.24) is 4.57 Å². The molecule has 0 amide bonds. The summed E-state index contributed by atoms with van der Waals surface area (Å²) in [6.45, 7) is 0. The number of fused-ring (bicyclic) bond motifs is 11. The van der Waals surface area contributed by atoms with E-state index in [2.05, 4.69) is 216 Å². The van der Waals surface area contributed by atoms with Crippen LogP contribution in [-0.2, 0) is 0 Å². The monoisotopic (exact) mass is 816 g/mol. The highest BCUT2D eigenvalue weighted by Gasteiger charge is 2.27. The van der Waals surface area contributed by atoms with Crippen molar-refractivity contribution in [1.29, 1.82) is 0 Å². The zero-order chi connectivity index (χ0) is 41.9. The second-order valence-corrected chi connectivity index (χ2v) is 17.0. The molecular weight excluding hydrogens is 781 g/mol. The van der Waals surface area contributed by atoms with Crippen LogP contribution in [0.25, 0.3) is 104 Å². The van der Waals surface area contributed by atoms with Gasteiger partial charge in [0.2, 0.25) is 0 Å². The first-order chi connectivity index (χ1) is 31.7. The van der Waals surface area contributed by atoms with E-state index in [-0.39, 0.29) is 0 Å². The lowest BCUT2D eigenvalue weighted by Gasteiger charge is -2.33. The summed E-state index contributed by atoms with van der Waals surface area (Å²) in [5, 5.41) is 11.9. The van der Waals surface area contributed by atoms with Crippen LogP contribution in [0.15, 0.2) is 223 Å². The molecule has 2 aromatic heterocycles. The fourth-order valence-electron chi connectivity index (χ4n) is 10.2. The van der Waals surface area contributed by atoms with Gasteiger partial charge in [-0.1, -0.05) is 115 Å². The molecule has 14 rings (SSSR count). The van der Waals surface area contributed by atoms with E-state index in [9.17, 15) is 0 Å². The molecule has 0 N–H and O–H groups in total. The largest absolute Gasteiger partial charge is 0.456 e. The standard InChI is InChI=1S/C60H36N2O2/c1-2-12-47(13-3-1)61-55-26-22-42(39-19-18-37-10-4-5-11-38(37)28-39)34-59(55)64-60-35-43(23-27-56(60)61)41-21-25-54-51(32-41)49-14-6-8-16-53(49)62(54)48-24-20-40-29-45-33-52-50-15-7-9-17-57(50)63-58(52)36-46(45)30-44(40)31-48/h1-36H. The summed E-state index contributed by atoms with van der Waals surface area (Å²) in [5.74, 6) is 1.64. The van der Waals surface area contributed by atoms with Crippen LogP contribution in [0.1, 0.15) is 0 Å². The lowest BCUT2D eigenvalue weighted by molar-refractivity contribution is 0.477. The molecule has 0 saturated heterocycles. The zero-order valence-electron chi connectivity index (χ0n) is 34.5. The highest BCUT2D eigenvalue weighted by atomic mass is 16.5. The number of benzene rings is 11. The number of aromatic nitrogens is 1. The third-order valence-electron chi connectivity index (χ3n) is 13.3. The summed E-state index contributed by atoms with van der Waals surface area (Å²) in [7, 11) is 0. The van der Waals surface area contributed by atoms with Gasteiger partial charge >= 0.3 is 0 Å². The Morgan fingerprint density at radius 1 is 0.297 bits per heavy atom. The third kappa shape index (κ3) is 5.36. The summed E-state index contributed by atoms with van der Waals surface area (Å²) in [5.41, 5.74) is 12.9. The van der Waals surface area contributed by atoms with Crippen LogP contribution in [0.2, 0.25) is 0 Å². The molecule has 11 aromatic carbocycles. The van der Waals surface area contributed by atoms with Gasteiger partial charge in [0.05, 0.1) is 22.4 Å². The van der Waals surface area contributed by atoms with Crippen LogP contribution in [0.3, 0.4) is 0 Å². The Hall–Kier alpha value is -8.60. The van der Waals surface area contributed by atoms with Gasteiger partial charge in [-0.05, 0) is 158 Å². The van der Waals surface area contributed by atoms with Crippen LogP contribution in [0.5, 0.6) is 11.5 Å². The smallest absolute Gasteiger partial charge is 0.152 e. The maximum atomic E-state index is 6.91. The van der Waals surface area contributed by atoms with Gasteiger partial charge in [0.25, 0.3) is 0 Å². The van der Waals surface area contributed by atoms with E-state index in [4.69, 9.17) is 9.15 Å². The first-order valence-corrected chi connectivity index (χ1v) is 21.8. The molecule has 0 atom stereocenters. The topological polar surface area (TPSA) is 30.5 Å². The fraction of sp³-hybridized carbons (Fsp3) is 0. The molecule has 4 nitrogen and oxygen atoms in total. The van der Waals surface area contributed by atoms with E-state index in [1.165, 1.54) is 43.2 Å². The highest BCUT2D eigenvalue weighted by Crippen LogP contribution is 2.52. The quantitative estimate of drug-likeness (QED) is 0.166. The average molecular weight is 817 g/mol. The first kappa shape index (κ1) is 35.0. The second-order valence-electron chi connectivity index (χ2n) is 17.0. The predicted octanol–water partition coefficient (Wildman–Crippen LogP) is 17.1. The molecule has 0 fully saturated rings.